The summed E-state index contributed by atoms with van der Waals surface area (Å²) in [4.78, 5) is 0. The lowest BCUT2D eigenvalue weighted by atomic mass is 10.2. The highest BCUT2D eigenvalue weighted by Gasteiger charge is 2.08. The van der Waals surface area contributed by atoms with E-state index < -0.39 is 0 Å². The van der Waals surface area contributed by atoms with Crippen LogP contribution in [0.1, 0.15) is 26.1 Å². The molecule has 0 saturated carbocycles. The molecular formula is C9H18N4S. The first-order valence-electron chi connectivity index (χ1n) is 4.90. The summed E-state index contributed by atoms with van der Waals surface area (Å²) < 4.78 is 1.97. The Labute approximate surface area is 89.3 Å². The maximum Gasteiger partial charge on any atom is 0.190 e. The van der Waals surface area contributed by atoms with Crippen LogP contribution in [0.5, 0.6) is 0 Å². The second-order valence-corrected chi connectivity index (χ2v) is 4.47. The molecule has 0 radical (unpaired) electrons. The average Bonchev–Trinajstić information content (AvgIpc) is 2.56. The normalized spacial score (nSPS) is 13.1. The summed E-state index contributed by atoms with van der Waals surface area (Å²) in [7, 11) is 1.96. The van der Waals surface area contributed by atoms with Crippen LogP contribution in [-0.4, -0.2) is 20.5 Å². The first-order valence-corrected chi connectivity index (χ1v) is 5.88. The average molecular weight is 214 g/mol. The Morgan fingerprint density at radius 1 is 1.50 bits per heavy atom. The van der Waals surface area contributed by atoms with E-state index in [0.29, 0.717) is 6.54 Å². The lowest BCUT2D eigenvalue weighted by Crippen LogP contribution is -2.05. The highest BCUT2D eigenvalue weighted by Crippen LogP contribution is 2.19. The number of nitrogens with zero attached hydrogens (tertiary/aromatic N) is 3. The van der Waals surface area contributed by atoms with Gasteiger partial charge in [-0.3, -0.25) is 0 Å². The molecule has 2 N–H and O–H groups in total. The van der Waals surface area contributed by atoms with E-state index in [-0.39, 0.29) is 0 Å². The Morgan fingerprint density at radius 3 is 2.71 bits per heavy atom. The fraction of sp³-hybridized carbons (Fsp3) is 0.778. The van der Waals surface area contributed by atoms with Gasteiger partial charge in [-0.05, 0) is 5.92 Å². The van der Waals surface area contributed by atoms with E-state index in [4.69, 9.17) is 5.73 Å². The van der Waals surface area contributed by atoms with Gasteiger partial charge in [0.25, 0.3) is 0 Å². The first kappa shape index (κ1) is 11.5. The molecule has 0 amide bonds. The fourth-order valence-corrected chi connectivity index (χ4v) is 2.05. The summed E-state index contributed by atoms with van der Waals surface area (Å²) in [6, 6.07) is 0. The van der Waals surface area contributed by atoms with Crippen LogP contribution in [0.2, 0.25) is 0 Å². The third-order valence-electron chi connectivity index (χ3n) is 2.30. The van der Waals surface area contributed by atoms with Gasteiger partial charge in [0, 0.05) is 12.8 Å². The summed E-state index contributed by atoms with van der Waals surface area (Å²) in [5.41, 5.74) is 5.51. The van der Waals surface area contributed by atoms with Crippen molar-refractivity contribution in [3.05, 3.63) is 5.82 Å². The van der Waals surface area contributed by atoms with E-state index in [1.54, 1.807) is 11.8 Å². The summed E-state index contributed by atoms with van der Waals surface area (Å²) >= 11 is 1.75. The zero-order valence-electron chi connectivity index (χ0n) is 9.03. The molecular weight excluding hydrogens is 196 g/mol. The molecule has 0 aliphatic heterocycles. The number of aromatic nitrogens is 3. The Morgan fingerprint density at radius 2 is 2.21 bits per heavy atom. The molecule has 5 heteroatoms. The molecule has 1 aromatic heterocycles. The molecule has 1 rings (SSSR count). The van der Waals surface area contributed by atoms with Crippen LogP contribution in [-0.2, 0) is 13.6 Å². The molecule has 1 heterocycles. The third-order valence-corrected chi connectivity index (χ3v) is 3.65. The first-order chi connectivity index (χ1) is 6.69. The van der Waals surface area contributed by atoms with Crippen molar-refractivity contribution in [3.63, 3.8) is 0 Å². The fourth-order valence-electron chi connectivity index (χ4n) is 0.983. The summed E-state index contributed by atoms with van der Waals surface area (Å²) in [6.07, 6.45) is 1.20. The van der Waals surface area contributed by atoms with Crippen LogP contribution in [0.3, 0.4) is 0 Å². The van der Waals surface area contributed by atoms with Crippen LogP contribution in [0.4, 0.5) is 0 Å². The van der Waals surface area contributed by atoms with Crippen molar-refractivity contribution >= 4 is 11.8 Å². The summed E-state index contributed by atoms with van der Waals surface area (Å²) in [6.45, 7) is 4.90. The predicted octanol–water partition coefficient (Wildman–Crippen LogP) is 1.41. The highest BCUT2D eigenvalue weighted by molar-refractivity contribution is 7.99. The molecule has 0 bridgehead atoms. The van der Waals surface area contributed by atoms with Crippen LogP contribution in [0.25, 0.3) is 0 Å². The van der Waals surface area contributed by atoms with E-state index in [9.17, 15) is 0 Å². The van der Waals surface area contributed by atoms with Gasteiger partial charge >= 0.3 is 0 Å². The maximum absolute atomic E-state index is 5.51. The molecule has 1 atom stereocenters. The minimum Gasteiger partial charge on any atom is -0.324 e. The van der Waals surface area contributed by atoms with Gasteiger partial charge in [0.1, 0.15) is 5.82 Å². The summed E-state index contributed by atoms with van der Waals surface area (Å²) in [5.74, 6) is 2.65. The standard InChI is InChI=1S/C9H18N4S/c1-4-7(2)6-14-9-12-11-8(5-10)13(9)3/h7H,4-6,10H2,1-3H3. The molecule has 1 aromatic rings. The van der Waals surface area contributed by atoms with Crippen molar-refractivity contribution in [1.82, 2.24) is 14.8 Å². The topological polar surface area (TPSA) is 56.7 Å². The van der Waals surface area contributed by atoms with E-state index in [2.05, 4.69) is 24.0 Å². The molecule has 0 aliphatic rings. The lowest BCUT2D eigenvalue weighted by molar-refractivity contribution is 0.634. The number of nitrogens with two attached hydrogens (primary N) is 1. The lowest BCUT2D eigenvalue weighted by Gasteiger charge is -2.06. The van der Waals surface area contributed by atoms with Crippen molar-refractivity contribution in [1.29, 1.82) is 0 Å². The van der Waals surface area contributed by atoms with Crippen LogP contribution < -0.4 is 5.73 Å². The second-order valence-electron chi connectivity index (χ2n) is 3.49. The molecule has 0 aliphatic carbocycles. The Kier molecular flexibility index (Phi) is 4.41. The molecule has 80 valence electrons. The quantitative estimate of drug-likeness (QED) is 0.753. The molecule has 14 heavy (non-hydrogen) atoms. The number of hydrogen-bond donors (Lipinski definition) is 1. The molecule has 0 saturated heterocycles. The Bertz CT molecular complexity index is 284. The Hall–Kier alpha value is -0.550. The predicted molar refractivity (Wildman–Crippen MR) is 59.1 cm³/mol. The minimum atomic E-state index is 0.452. The van der Waals surface area contributed by atoms with Gasteiger partial charge in [-0.2, -0.15) is 0 Å². The number of rotatable bonds is 5. The van der Waals surface area contributed by atoms with Gasteiger partial charge in [0.05, 0.1) is 6.54 Å². The van der Waals surface area contributed by atoms with E-state index >= 15 is 0 Å². The van der Waals surface area contributed by atoms with Crippen molar-refractivity contribution in [2.75, 3.05) is 5.75 Å². The molecule has 0 aromatic carbocycles. The largest absolute Gasteiger partial charge is 0.324 e. The summed E-state index contributed by atoms with van der Waals surface area (Å²) in [5, 5.41) is 9.06. The number of thioether (sulfide) groups is 1. The van der Waals surface area contributed by atoms with Crippen molar-refractivity contribution in [3.8, 4) is 0 Å². The van der Waals surface area contributed by atoms with Gasteiger partial charge in [0.15, 0.2) is 5.16 Å². The highest BCUT2D eigenvalue weighted by atomic mass is 32.2. The van der Waals surface area contributed by atoms with Gasteiger partial charge in [-0.25, -0.2) is 0 Å². The number of hydrogen-bond acceptors (Lipinski definition) is 4. The van der Waals surface area contributed by atoms with Crippen molar-refractivity contribution < 1.29 is 0 Å². The van der Waals surface area contributed by atoms with E-state index in [1.807, 2.05) is 11.6 Å². The molecule has 0 spiro atoms. The Balaban J connectivity index is 2.54. The monoisotopic (exact) mass is 214 g/mol. The third kappa shape index (κ3) is 2.72. The second kappa shape index (κ2) is 5.36. The van der Waals surface area contributed by atoms with Gasteiger partial charge < -0.3 is 10.3 Å². The van der Waals surface area contributed by atoms with Crippen LogP contribution in [0.15, 0.2) is 5.16 Å². The minimum absolute atomic E-state index is 0.452. The van der Waals surface area contributed by atoms with E-state index in [0.717, 1.165) is 22.7 Å². The van der Waals surface area contributed by atoms with Crippen LogP contribution in [0, 0.1) is 5.92 Å². The molecule has 1 unspecified atom stereocenters. The van der Waals surface area contributed by atoms with Crippen molar-refractivity contribution in [2.24, 2.45) is 18.7 Å². The molecule has 4 nitrogen and oxygen atoms in total. The molecule has 0 fully saturated rings. The SMILES string of the molecule is CCC(C)CSc1nnc(CN)n1C. The van der Waals surface area contributed by atoms with Crippen molar-refractivity contribution in [2.45, 2.75) is 32.0 Å². The zero-order chi connectivity index (χ0) is 10.6. The smallest absolute Gasteiger partial charge is 0.190 e. The zero-order valence-corrected chi connectivity index (χ0v) is 9.84. The van der Waals surface area contributed by atoms with Gasteiger partial charge in [0.2, 0.25) is 0 Å². The van der Waals surface area contributed by atoms with E-state index in [1.165, 1.54) is 6.42 Å². The van der Waals surface area contributed by atoms with Crippen LogP contribution >= 0.6 is 11.8 Å². The van der Waals surface area contributed by atoms with Gasteiger partial charge in [-0.1, -0.05) is 32.0 Å². The maximum atomic E-state index is 5.51. The van der Waals surface area contributed by atoms with Gasteiger partial charge in [-0.15, -0.1) is 10.2 Å².